The van der Waals surface area contributed by atoms with Crippen LogP contribution in [0.5, 0.6) is 11.5 Å². The highest BCUT2D eigenvalue weighted by Gasteiger charge is 2.53. The van der Waals surface area contributed by atoms with Gasteiger partial charge in [0.15, 0.2) is 16.2 Å². The van der Waals surface area contributed by atoms with Crippen LogP contribution in [0.2, 0.25) is 20.1 Å². The lowest BCUT2D eigenvalue weighted by Crippen LogP contribution is -2.39. The third-order valence-electron chi connectivity index (χ3n) is 4.43. The third kappa shape index (κ3) is 3.44. The van der Waals surface area contributed by atoms with Crippen molar-refractivity contribution < 1.29 is 23.2 Å². The maximum atomic E-state index is 13.0. The second-order valence-corrected chi connectivity index (χ2v) is 9.19. The molecule has 1 atom stereocenters. The summed E-state index contributed by atoms with van der Waals surface area (Å²) in [4.78, 5) is 0. The highest BCUT2D eigenvalue weighted by atomic mass is 35.5. The molecule has 0 bridgehead atoms. The number of benzene rings is 3. The van der Waals surface area contributed by atoms with E-state index >= 15 is 0 Å². The Balaban J connectivity index is 2.68. The summed E-state index contributed by atoms with van der Waals surface area (Å²) >= 11 is 25.2. The van der Waals surface area contributed by atoms with Crippen molar-refractivity contribution in [1.29, 1.82) is 0 Å². The number of phenols is 2. The average Bonchev–Trinajstić information content (AvgIpc) is 2.63. The van der Waals surface area contributed by atoms with Gasteiger partial charge in [-0.05, 0) is 24.3 Å². The molecule has 0 saturated carbocycles. The Morgan fingerprint density at radius 1 is 0.724 bits per heavy atom. The number of halogens is 4. The first-order valence-corrected chi connectivity index (χ1v) is 10.9. The van der Waals surface area contributed by atoms with Gasteiger partial charge < -0.3 is 10.2 Å². The van der Waals surface area contributed by atoms with E-state index in [4.69, 9.17) is 46.4 Å². The summed E-state index contributed by atoms with van der Waals surface area (Å²) in [6.07, 6.45) is 0. The van der Waals surface area contributed by atoms with Crippen LogP contribution >= 0.6 is 46.4 Å². The fourth-order valence-electron chi connectivity index (χ4n) is 3.23. The summed E-state index contributed by atoms with van der Waals surface area (Å²) in [5.74, 6) is -1.38. The molecule has 3 N–H and O–H groups in total. The molecule has 0 aliphatic heterocycles. The normalized spacial score (nSPS) is 13.8. The topological polar surface area (TPSA) is 94.8 Å². The molecule has 3 aromatic carbocycles. The van der Waals surface area contributed by atoms with Gasteiger partial charge in [0.1, 0.15) is 0 Å². The average molecular weight is 494 g/mol. The van der Waals surface area contributed by atoms with E-state index < -0.39 is 31.4 Å². The number of rotatable bonds is 4. The van der Waals surface area contributed by atoms with Crippen LogP contribution in [0.3, 0.4) is 0 Å². The van der Waals surface area contributed by atoms with Crippen LogP contribution in [0.15, 0.2) is 54.6 Å². The van der Waals surface area contributed by atoms with Crippen LogP contribution in [0.25, 0.3) is 0 Å². The molecule has 3 rings (SSSR count). The number of phenolic OH excluding ortho intramolecular Hbond substituents is 2. The molecule has 0 radical (unpaired) electrons. The molecule has 0 amide bonds. The van der Waals surface area contributed by atoms with E-state index in [1.165, 1.54) is 36.4 Å². The predicted molar refractivity (Wildman–Crippen MR) is 114 cm³/mol. The van der Waals surface area contributed by atoms with Crippen LogP contribution in [-0.4, -0.2) is 23.2 Å². The molecule has 0 spiro atoms. The molecule has 0 aromatic heterocycles. The lowest BCUT2D eigenvalue weighted by molar-refractivity contribution is 0.402. The van der Waals surface area contributed by atoms with E-state index in [-0.39, 0.29) is 31.8 Å². The predicted octanol–water partition coefficient (Wildman–Crippen LogP) is 5.89. The monoisotopic (exact) mass is 492 g/mol. The second kappa shape index (κ2) is 7.87. The Morgan fingerprint density at radius 3 is 1.83 bits per heavy atom. The molecule has 0 aliphatic rings. The Hall–Kier alpha value is -1.67. The van der Waals surface area contributed by atoms with Gasteiger partial charge in [-0.2, -0.15) is 8.42 Å². The van der Waals surface area contributed by atoms with Crippen molar-refractivity contribution in [3.8, 4) is 11.5 Å². The van der Waals surface area contributed by atoms with Gasteiger partial charge in [0.2, 0.25) is 0 Å². The standard InChI is InChI=1S/C19H12Cl4O5S/c20-12-5-2-1-4-10(12)19(29(26,27)28,16-13(21)6-3-7-14(16)22)11-8-9-15(24)18(25)17(11)23/h1-9,24-25H,(H,26,27,28). The number of hydrogen-bond acceptors (Lipinski definition) is 4. The minimum atomic E-state index is -5.14. The second-order valence-electron chi connectivity index (χ2n) is 6.03. The third-order valence-corrected chi connectivity index (χ3v) is 7.19. The van der Waals surface area contributed by atoms with Crippen LogP contribution in [-0.2, 0) is 14.9 Å². The van der Waals surface area contributed by atoms with Gasteiger partial charge in [-0.25, -0.2) is 0 Å². The zero-order valence-electron chi connectivity index (χ0n) is 14.3. The van der Waals surface area contributed by atoms with Crippen molar-refractivity contribution in [3.63, 3.8) is 0 Å². The van der Waals surface area contributed by atoms with Gasteiger partial charge in [0, 0.05) is 31.8 Å². The van der Waals surface area contributed by atoms with E-state index in [1.807, 2.05) is 0 Å². The molecule has 152 valence electrons. The summed E-state index contributed by atoms with van der Waals surface area (Å²) < 4.78 is 34.1. The van der Waals surface area contributed by atoms with Crippen LogP contribution in [0.4, 0.5) is 0 Å². The molecule has 3 aromatic rings. The van der Waals surface area contributed by atoms with Crippen molar-refractivity contribution in [3.05, 3.63) is 91.4 Å². The summed E-state index contributed by atoms with van der Waals surface area (Å²) in [7, 11) is -5.14. The number of aromatic hydroxyl groups is 2. The quantitative estimate of drug-likeness (QED) is 0.239. The smallest absolute Gasteiger partial charge is 0.283 e. The minimum Gasteiger partial charge on any atom is -0.504 e. The minimum absolute atomic E-state index is 0.0373. The van der Waals surface area contributed by atoms with Crippen molar-refractivity contribution >= 4 is 56.5 Å². The Morgan fingerprint density at radius 2 is 1.28 bits per heavy atom. The van der Waals surface area contributed by atoms with Crippen molar-refractivity contribution in [1.82, 2.24) is 0 Å². The van der Waals surface area contributed by atoms with Crippen molar-refractivity contribution in [2.45, 2.75) is 4.75 Å². The largest absolute Gasteiger partial charge is 0.504 e. The Labute approximate surface area is 186 Å². The SMILES string of the molecule is O=S(=O)(O)C(c1ccccc1Cl)(c1ccc(O)c(O)c1Cl)c1c(Cl)cccc1Cl. The number of hydrogen-bond donors (Lipinski definition) is 3. The van der Waals surface area contributed by atoms with E-state index in [1.54, 1.807) is 6.07 Å². The zero-order chi connectivity index (χ0) is 21.6. The van der Waals surface area contributed by atoms with Crippen LogP contribution in [0.1, 0.15) is 16.7 Å². The van der Waals surface area contributed by atoms with Gasteiger partial charge in [-0.1, -0.05) is 76.7 Å². The van der Waals surface area contributed by atoms with Crippen LogP contribution < -0.4 is 0 Å². The molecule has 0 aliphatic carbocycles. The summed E-state index contributed by atoms with van der Waals surface area (Å²) in [6, 6.07) is 12.2. The lowest BCUT2D eigenvalue weighted by atomic mass is 9.83. The van der Waals surface area contributed by atoms with Gasteiger partial charge in [-0.3, -0.25) is 4.55 Å². The molecular weight excluding hydrogens is 482 g/mol. The van der Waals surface area contributed by atoms with Crippen molar-refractivity contribution in [2.24, 2.45) is 0 Å². The van der Waals surface area contributed by atoms with Gasteiger partial charge >= 0.3 is 0 Å². The summed E-state index contributed by atoms with van der Waals surface area (Å²) in [5.41, 5.74) is -0.628. The van der Waals surface area contributed by atoms with E-state index in [9.17, 15) is 23.2 Å². The summed E-state index contributed by atoms with van der Waals surface area (Å²) in [6.45, 7) is 0. The lowest BCUT2D eigenvalue weighted by Gasteiger charge is -2.35. The maximum absolute atomic E-state index is 13.0. The highest BCUT2D eigenvalue weighted by Crippen LogP contribution is 2.54. The van der Waals surface area contributed by atoms with E-state index in [2.05, 4.69) is 0 Å². The molecule has 1 unspecified atom stereocenters. The van der Waals surface area contributed by atoms with E-state index in [0.717, 1.165) is 12.1 Å². The van der Waals surface area contributed by atoms with Gasteiger partial charge in [-0.15, -0.1) is 0 Å². The molecule has 5 nitrogen and oxygen atoms in total. The molecule has 0 saturated heterocycles. The first-order valence-electron chi connectivity index (χ1n) is 7.91. The molecular formula is C19H12Cl4O5S. The fourth-order valence-corrected chi connectivity index (χ4v) is 6.09. The first kappa shape index (κ1) is 22.0. The van der Waals surface area contributed by atoms with Gasteiger partial charge in [0.25, 0.3) is 10.1 Å². The summed E-state index contributed by atoms with van der Waals surface area (Å²) in [5, 5.41) is 19.2. The molecule has 29 heavy (non-hydrogen) atoms. The Kier molecular flexibility index (Phi) is 5.98. The highest BCUT2D eigenvalue weighted by molar-refractivity contribution is 7.87. The molecule has 0 heterocycles. The van der Waals surface area contributed by atoms with Crippen LogP contribution in [0, 0.1) is 0 Å². The fraction of sp³-hybridized carbons (Fsp3) is 0.0526. The Bertz CT molecular complexity index is 1190. The molecule has 10 heteroatoms. The van der Waals surface area contributed by atoms with Crippen molar-refractivity contribution in [2.75, 3.05) is 0 Å². The first-order chi connectivity index (χ1) is 13.5. The maximum Gasteiger partial charge on any atom is 0.283 e. The zero-order valence-corrected chi connectivity index (χ0v) is 18.1. The van der Waals surface area contributed by atoms with Gasteiger partial charge in [0.05, 0.1) is 5.02 Å². The van der Waals surface area contributed by atoms with E-state index in [0.29, 0.717) is 0 Å². The molecule has 0 fully saturated rings.